The second-order valence-corrected chi connectivity index (χ2v) is 5.01. The molecule has 6 heteroatoms. The molecular weight excluding hydrogens is 263 g/mol. The number of carbonyl (C=O) groups is 1. The molecule has 2 atom stereocenters. The Labute approximate surface area is 109 Å². The van der Waals surface area contributed by atoms with Crippen molar-refractivity contribution in [2.24, 2.45) is 11.7 Å². The molecule has 0 radical (unpaired) electrons. The van der Waals surface area contributed by atoms with Crippen molar-refractivity contribution in [3.63, 3.8) is 0 Å². The van der Waals surface area contributed by atoms with Gasteiger partial charge in [0.25, 0.3) is 0 Å². The standard InChI is InChI=1S/C11H12Cl2N2O2/c12-9-2-1-6(4-10(9)13)8-3-7(8)5-15(17)11(14)16/h1-2,4,7-8,17H,3,5H2,(H2,14,16)/t7-,8-/m0/s1. The second-order valence-electron chi connectivity index (χ2n) is 4.20. The summed E-state index contributed by atoms with van der Waals surface area (Å²) in [5.74, 6) is 0.531. The van der Waals surface area contributed by atoms with Crippen molar-refractivity contribution < 1.29 is 10.0 Å². The Kier molecular flexibility index (Phi) is 3.47. The first kappa shape index (κ1) is 12.5. The summed E-state index contributed by atoms with van der Waals surface area (Å²) in [7, 11) is 0. The third-order valence-electron chi connectivity index (χ3n) is 2.96. The number of hydrogen-bond acceptors (Lipinski definition) is 2. The van der Waals surface area contributed by atoms with Gasteiger partial charge in [-0.1, -0.05) is 29.3 Å². The number of hydrogen-bond donors (Lipinski definition) is 2. The van der Waals surface area contributed by atoms with Gasteiger partial charge < -0.3 is 5.73 Å². The van der Waals surface area contributed by atoms with Gasteiger partial charge in [-0.05, 0) is 36.0 Å². The van der Waals surface area contributed by atoms with Crippen LogP contribution in [0.5, 0.6) is 0 Å². The van der Waals surface area contributed by atoms with Crippen LogP contribution in [-0.2, 0) is 0 Å². The van der Waals surface area contributed by atoms with Crippen LogP contribution in [0.25, 0.3) is 0 Å². The van der Waals surface area contributed by atoms with Crippen molar-refractivity contribution >= 4 is 29.2 Å². The SMILES string of the molecule is NC(=O)N(O)C[C@@H]1C[C@H]1c1ccc(Cl)c(Cl)c1. The zero-order chi connectivity index (χ0) is 12.6. The molecule has 0 aromatic heterocycles. The van der Waals surface area contributed by atoms with E-state index < -0.39 is 6.03 Å². The number of halogens is 2. The largest absolute Gasteiger partial charge is 0.350 e. The van der Waals surface area contributed by atoms with E-state index in [-0.39, 0.29) is 12.5 Å². The topological polar surface area (TPSA) is 66.6 Å². The van der Waals surface area contributed by atoms with Gasteiger partial charge in [-0.3, -0.25) is 5.21 Å². The lowest BCUT2D eigenvalue weighted by molar-refractivity contribution is -0.0431. The molecule has 2 rings (SSSR count). The van der Waals surface area contributed by atoms with Crippen LogP contribution in [0.1, 0.15) is 17.9 Å². The van der Waals surface area contributed by atoms with Gasteiger partial charge in [-0.2, -0.15) is 0 Å². The number of rotatable bonds is 3. The van der Waals surface area contributed by atoms with Gasteiger partial charge >= 0.3 is 6.03 Å². The van der Waals surface area contributed by atoms with Crippen LogP contribution in [0.3, 0.4) is 0 Å². The fourth-order valence-corrected chi connectivity index (χ4v) is 2.22. The van der Waals surface area contributed by atoms with Gasteiger partial charge in [0, 0.05) is 0 Å². The number of primary amides is 1. The summed E-state index contributed by atoms with van der Waals surface area (Å²) >= 11 is 11.8. The highest BCUT2D eigenvalue weighted by molar-refractivity contribution is 6.42. The minimum Gasteiger partial charge on any atom is -0.350 e. The zero-order valence-corrected chi connectivity index (χ0v) is 10.4. The average Bonchev–Trinajstić information content (AvgIpc) is 3.01. The Morgan fingerprint density at radius 1 is 1.47 bits per heavy atom. The molecule has 1 aromatic rings. The van der Waals surface area contributed by atoms with E-state index >= 15 is 0 Å². The minimum absolute atomic E-state index is 0.227. The van der Waals surface area contributed by atoms with Crippen LogP contribution in [-0.4, -0.2) is 22.8 Å². The van der Waals surface area contributed by atoms with E-state index in [0.717, 1.165) is 12.0 Å². The first-order valence-electron chi connectivity index (χ1n) is 5.20. The molecule has 1 aromatic carbocycles. The molecule has 0 aliphatic heterocycles. The van der Waals surface area contributed by atoms with Crippen LogP contribution in [0, 0.1) is 5.92 Å². The van der Waals surface area contributed by atoms with Gasteiger partial charge in [-0.25, -0.2) is 9.86 Å². The molecule has 0 heterocycles. The highest BCUT2D eigenvalue weighted by atomic mass is 35.5. The molecule has 92 valence electrons. The average molecular weight is 275 g/mol. The highest BCUT2D eigenvalue weighted by Crippen LogP contribution is 2.48. The first-order chi connectivity index (χ1) is 7.99. The normalized spacial score (nSPS) is 22.3. The third-order valence-corrected chi connectivity index (χ3v) is 3.70. The van der Waals surface area contributed by atoms with Crippen molar-refractivity contribution in [3.8, 4) is 0 Å². The molecule has 4 nitrogen and oxygen atoms in total. The summed E-state index contributed by atoms with van der Waals surface area (Å²) in [5, 5.41) is 10.8. The lowest BCUT2D eigenvalue weighted by Crippen LogP contribution is -2.34. The first-order valence-corrected chi connectivity index (χ1v) is 5.95. The minimum atomic E-state index is -0.829. The van der Waals surface area contributed by atoms with Crippen molar-refractivity contribution in [2.75, 3.05) is 6.54 Å². The molecule has 0 saturated heterocycles. The molecule has 0 unspecified atom stereocenters. The number of nitrogens with two attached hydrogens (primary N) is 1. The lowest BCUT2D eigenvalue weighted by atomic mass is 10.1. The molecule has 0 bridgehead atoms. The van der Waals surface area contributed by atoms with Crippen LogP contribution in [0.2, 0.25) is 10.0 Å². The predicted molar refractivity (Wildman–Crippen MR) is 65.4 cm³/mol. The number of benzene rings is 1. The number of urea groups is 1. The summed E-state index contributed by atoms with van der Waals surface area (Å²) in [4.78, 5) is 10.7. The van der Waals surface area contributed by atoms with Crippen molar-refractivity contribution in [3.05, 3.63) is 33.8 Å². The molecule has 1 saturated carbocycles. The fourth-order valence-electron chi connectivity index (χ4n) is 1.91. The Balaban J connectivity index is 1.98. The van der Waals surface area contributed by atoms with E-state index in [1.54, 1.807) is 6.07 Å². The Morgan fingerprint density at radius 2 is 2.18 bits per heavy atom. The molecule has 1 aliphatic rings. The van der Waals surface area contributed by atoms with Gasteiger partial charge in [0.2, 0.25) is 0 Å². The maximum atomic E-state index is 10.7. The Bertz CT molecular complexity index is 453. The number of amides is 2. The monoisotopic (exact) mass is 274 g/mol. The maximum absolute atomic E-state index is 10.7. The zero-order valence-electron chi connectivity index (χ0n) is 8.94. The predicted octanol–water partition coefficient (Wildman–Crippen LogP) is 2.87. The Hall–Kier alpha value is -0.970. The summed E-state index contributed by atoms with van der Waals surface area (Å²) in [6.07, 6.45) is 0.905. The second kappa shape index (κ2) is 4.72. The molecule has 1 aliphatic carbocycles. The van der Waals surface area contributed by atoms with Crippen LogP contribution in [0.15, 0.2) is 18.2 Å². The van der Waals surface area contributed by atoms with Gasteiger partial charge in [0.1, 0.15) is 0 Å². The van der Waals surface area contributed by atoms with Crippen molar-refractivity contribution in [1.29, 1.82) is 0 Å². The van der Waals surface area contributed by atoms with E-state index in [2.05, 4.69) is 0 Å². The molecule has 3 N–H and O–H groups in total. The molecular formula is C11H12Cl2N2O2. The number of hydroxylamine groups is 2. The summed E-state index contributed by atoms with van der Waals surface area (Å²) in [6.45, 7) is 0.250. The van der Waals surface area contributed by atoms with Crippen molar-refractivity contribution in [1.82, 2.24) is 5.06 Å². The molecule has 2 amide bonds. The Morgan fingerprint density at radius 3 is 2.76 bits per heavy atom. The maximum Gasteiger partial charge on any atom is 0.338 e. The number of carbonyl (C=O) groups excluding carboxylic acids is 1. The van der Waals surface area contributed by atoms with E-state index in [9.17, 15) is 10.0 Å². The van der Waals surface area contributed by atoms with E-state index in [0.29, 0.717) is 21.0 Å². The molecule has 0 spiro atoms. The quantitative estimate of drug-likeness (QED) is 0.658. The fraction of sp³-hybridized carbons (Fsp3) is 0.364. The van der Waals surface area contributed by atoms with Gasteiger partial charge in [-0.15, -0.1) is 0 Å². The van der Waals surface area contributed by atoms with Crippen molar-refractivity contribution in [2.45, 2.75) is 12.3 Å². The van der Waals surface area contributed by atoms with Crippen LogP contribution in [0.4, 0.5) is 4.79 Å². The van der Waals surface area contributed by atoms with E-state index in [1.807, 2.05) is 12.1 Å². The third kappa shape index (κ3) is 2.83. The molecule has 17 heavy (non-hydrogen) atoms. The number of nitrogens with zero attached hydrogens (tertiary/aromatic N) is 1. The lowest BCUT2D eigenvalue weighted by Gasteiger charge is -2.11. The van der Waals surface area contributed by atoms with Crippen LogP contribution < -0.4 is 5.73 Å². The summed E-state index contributed by atoms with van der Waals surface area (Å²) in [5.41, 5.74) is 6.01. The van der Waals surface area contributed by atoms with E-state index in [1.165, 1.54) is 0 Å². The summed E-state index contributed by atoms with van der Waals surface area (Å²) < 4.78 is 0. The van der Waals surface area contributed by atoms with Crippen LogP contribution >= 0.6 is 23.2 Å². The summed E-state index contributed by atoms with van der Waals surface area (Å²) in [6, 6.07) is 4.65. The molecule has 1 fully saturated rings. The van der Waals surface area contributed by atoms with Gasteiger partial charge in [0.15, 0.2) is 0 Å². The highest BCUT2D eigenvalue weighted by Gasteiger charge is 2.40. The van der Waals surface area contributed by atoms with E-state index in [4.69, 9.17) is 28.9 Å². The van der Waals surface area contributed by atoms with Gasteiger partial charge in [0.05, 0.1) is 16.6 Å². The smallest absolute Gasteiger partial charge is 0.338 e.